The Balaban J connectivity index is 2.21. The van der Waals surface area contributed by atoms with Gasteiger partial charge in [-0.25, -0.2) is 4.98 Å². The molecule has 1 heterocycles. The first-order valence-corrected chi connectivity index (χ1v) is 8.24. The van der Waals surface area contributed by atoms with Gasteiger partial charge in [-0.1, -0.05) is 29.5 Å². The lowest BCUT2D eigenvalue weighted by molar-refractivity contribution is -0.138. The molecule has 4 nitrogen and oxygen atoms in total. The van der Waals surface area contributed by atoms with Crippen molar-refractivity contribution in [1.29, 1.82) is 0 Å². The van der Waals surface area contributed by atoms with E-state index in [9.17, 15) is 18.0 Å². The van der Waals surface area contributed by atoms with E-state index in [0.717, 1.165) is 6.07 Å². The summed E-state index contributed by atoms with van der Waals surface area (Å²) in [6.07, 6.45) is -4.46. The van der Waals surface area contributed by atoms with Crippen LogP contribution in [0.15, 0.2) is 24.3 Å². The number of aromatic nitrogens is 1. The van der Waals surface area contributed by atoms with Gasteiger partial charge in [0.05, 0.1) is 17.3 Å². The number of nitrogens with zero attached hydrogens (tertiary/aromatic N) is 1. The Morgan fingerprint density at radius 3 is 2.62 bits per heavy atom. The Hall–Kier alpha value is -2.09. The van der Waals surface area contributed by atoms with Crippen molar-refractivity contribution in [2.24, 2.45) is 0 Å². The van der Waals surface area contributed by atoms with Gasteiger partial charge in [0.25, 0.3) is 5.91 Å². The van der Waals surface area contributed by atoms with Crippen LogP contribution in [0.5, 0.6) is 0 Å². The SMILES string of the molecule is CCNc1nc(C)c(C(=O)NC(C)c2ccccc2C(F)(F)F)s1. The number of alkyl halides is 3. The predicted molar refractivity (Wildman–Crippen MR) is 88.3 cm³/mol. The van der Waals surface area contributed by atoms with Crippen LogP contribution in [0.25, 0.3) is 0 Å². The molecule has 0 saturated heterocycles. The zero-order valence-corrected chi connectivity index (χ0v) is 14.3. The smallest absolute Gasteiger partial charge is 0.362 e. The second-order valence-corrected chi connectivity index (χ2v) is 6.24. The number of halogens is 3. The summed E-state index contributed by atoms with van der Waals surface area (Å²) in [5, 5.41) is 6.26. The molecule has 1 aromatic heterocycles. The van der Waals surface area contributed by atoms with Crippen LogP contribution in [0.2, 0.25) is 0 Å². The van der Waals surface area contributed by atoms with E-state index in [1.165, 1.54) is 36.5 Å². The van der Waals surface area contributed by atoms with E-state index in [1.54, 1.807) is 6.92 Å². The van der Waals surface area contributed by atoms with E-state index in [1.807, 2.05) is 6.92 Å². The Bertz CT molecular complexity index is 728. The second kappa shape index (κ2) is 7.21. The molecule has 2 N–H and O–H groups in total. The summed E-state index contributed by atoms with van der Waals surface area (Å²) >= 11 is 1.18. The van der Waals surface area contributed by atoms with Crippen LogP contribution >= 0.6 is 11.3 Å². The summed E-state index contributed by atoms with van der Waals surface area (Å²) in [4.78, 5) is 17.0. The fourth-order valence-corrected chi connectivity index (χ4v) is 3.24. The molecule has 1 amide bonds. The molecule has 130 valence electrons. The summed E-state index contributed by atoms with van der Waals surface area (Å²) in [6, 6.07) is 4.46. The van der Waals surface area contributed by atoms with E-state index in [0.29, 0.717) is 22.2 Å². The van der Waals surface area contributed by atoms with Crippen LogP contribution in [0, 0.1) is 6.92 Å². The highest BCUT2D eigenvalue weighted by Crippen LogP contribution is 2.34. The Labute approximate surface area is 142 Å². The average molecular weight is 357 g/mol. The predicted octanol–water partition coefficient (Wildman–Crippen LogP) is 4.39. The number of nitrogens with one attached hydrogen (secondary N) is 2. The Morgan fingerprint density at radius 2 is 2.00 bits per heavy atom. The zero-order chi connectivity index (χ0) is 17.9. The minimum absolute atomic E-state index is 0.0347. The molecule has 2 aromatic rings. The van der Waals surface area contributed by atoms with Gasteiger partial charge in [-0.3, -0.25) is 4.79 Å². The van der Waals surface area contributed by atoms with E-state index in [4.69, 9.17) is 0 Å². The molecule has 24 heavy (non-hydrogen) atoms. The first-order valence-electron chi connectivity index (χ1n) is 7.42. The fraction of sp³-hybridized carbons (Fsp3) is 0.375. The summed E-state index contributed by atoms with van der Waals surface area (Å²) in [7, 11) is 0. The standard InChI is InChI=1S/C16H18F3N3OS/c1-4-20-15-22-10(3)13(24-15)14(23)21-9(2)11-7-5-6-8-12(11)16(17,18)19/h5-9H,4H2,1-3H3,(H,20,22)(H,21,23). The van der Waals surface area contributed by atoms with Gasteiger partial charge in [0.15, 0.2) is 5.13 Å². The lowest BCUT2D eigenvalue weighted by Gasteiger charge is -2.19. The molecule has 0 aliphatic heterocycles. The van der Waals surface area contributed by atoms with Gasteiger partial charge < -0.3 is 10.6 Å². The summed E-state index contributed by atoms with van der Waals surface area (Å²) in [6.45, 7) is 5.81. The third-order valence-electron chi connectivity index (χ3n) is 3.41. The van der Waals surface area contributed by atoms with E-state index >= 15 is 0 Å². The number of hydrogen-bond acceptors (Lipinski definition) is 4. The second-order valence-electron chi connectivity index (χ2n) is 5.24. The Kier molecular flexibility index (Phi) is 5.48. The lowest BCUT2D eigenvalue weighted by Crippen LogP contribution is -2.28. The molecule has 0 fully saturated rings. The monoisotopic (exact) mass is 357 g/mol. The molecule has 0 aliphatic rings. The lowest BCUT2D eigenvalue weighted by atomic mass is 10.0. The van der Waals surface area contributed by atoms with Gasteiger partial charge in [-0.2, -0.15) is 13.2 Å². The molecule has 0 bridgehead atoms. The average Bonchev–Trinajstić information content (AvgIpc) is 2.87. The van der Waals surface area contributed by atoms with Crippen molar-refractivity contribution in [1.82, 2.24) is 10.3 Å². The number of hydrogen-bond donors (Lipinski definition) is 2. The van der Waals surface area contributed by atoms with Crippen molar-refractivity contribution in [3.05, 3.63) is 46.0 Å². The maximum absolute atomic E-state index is 13.1. The van der Waals surface area contributed by atoms with Crippen molar-refractivity contribution in [3.63, 3.8) is 0 Å². The largest absolute Gasteiger partial charge is 0.416 e. The third kappa shape index (κ3) is 4.05. The number of carbonyl (C=O) groups excluding carboxylic acids is 1. The van der Waals surface area contributed by atoms with Crippen LogP contribution in [-0.2, 0) is 6.18 Å². The number of rotatable bonds is 5. The number of benzene rings is 1. The van der Waals surface area contributed by atoms with Crippen LogP contribution in [-0.4, -0.2) is 17.4 Å². The van der Waals surface area contributed by atoms with Crippen LogP contribution in [0.4, 0.5) is 18.3 Å². The number of amides is 1. The molecule has 8 heteroatoms. The van der Waals surface area contributed by atoms with Crippen molar-refractivity contribution in [2.75, 3.05) is 11.9 Å². The highest BCUT2D eigenvalue weighted by atomic mass is 32.1. The van der Waals surface area contributed by atoms with Crippen molar-refractivity contribution in [3.8, 4) is 0 Å². The van der Waals surface area contributed by atoms with E-state index in [-0.39, 0.29) is 5.56 Å². The molecule has 1 atom stereocenters. The van der Waals surface area contributed by atoms with Crippen molar-refractivity contribution in [2.45, 2.75) is 33.0 Å². The topological polar surface area (TPSA) is 54.0 Å². The van der Waals surface area contributed by atoms with Crippen LogP contribution in [0.1, 0.15) is 46.4 Å². The number of anilines is 1. The van der Waals surface area contributed by atoms with Crippen molar-refractivity contribution < 1.29 is 18.0 Å². The van der Waals surface area contributed by atoms with Crippen LogP contribution in [0.3, 0.4) is 0 Å². The molecular formula is C16H18F3N3OS. The first kappa shape index (κ1) is 18.3. The molecule has 0 saturated carbocycles. The maximum Gasteiger partial charge on any atom is 0.416 e. The summed E-state index contributed by atoms with van der Waals surface area (Å²) in [5.41, 5.74) is -0.163. The first-order chi connectivity index (χ1) is 11.2. The Morgan fingerprint density at radius 1 is 1.33 bits per heavy atom. The molecular weight excluding hydrogens is 339 g/mol. The quantitative estimate of drug-likeness (QED) is 0.834. The normalized spacial score (nSPS) is 12.8. The van der Waals surface area contributed by atoms with Gasteiger partial charge in [0.2, 0.25) is 0 Å². The van der Waals surface area contributed by atoms with Crippen molar-refractivity contribution >= 4 is 22.4 Å². The minimum Gasteiger partial charge on any atom is -0.362 e. The minimum atomic E-state index is -4.46. The zero-order valence-electron chi connectivity index (χ0n) is 13.5. The van der Waals surface area contributed by atoms with Gasteiger partial charge in [0, 0.05) is 6.54 Å². The highest BCUT2D eigenvalue weighted by molar-refractivity contribution is 7.17. The van der Waals surface area contributed by atoms with E-state index < -0.39 is 23.7 Å². The van der Waals surface area contributed by atoms with Gasteiger partial charge in [-0.05, 0) is 32.4 Å². The number of carbonyl (C=O) groups is 1. The maximum atomic E-state index is 13.1. The third-order valence-corrected chi connectivity index (χ3v) is 4.53. The molecule has 2 rings (SSSR count). The molecule has 0 spiro atoms. The molecule has 1 aromatic carbocycles. The number of thiazole rings is 1. The summed E-state index contributed by atoms with van der Waals surface area (Å²) < 4.78 is 39.3. The molecule has 1 unspecified atom stereocenters. The van der Waals surface area contributed by atoms with Gasteiger partial charge in [0.1, 0.15) is 4.88 Å². The highest BCUT2D eigenvalue weighted by Gasteiger charge is 2.34. The van der Waals surface area contributed by atoms with E-state index in [2.05, 4.69) is 15.6 Å². The summed E-state index contributed by atoms with van der Waals surface area (Å²) in [5.74, 6) is -0.432. The van der Waals surface area contributed by atoms with Crippen LogP contribution < -0.4 is 10.6 Å². The molecule has 0 aliphatic carbocycles. The fourth-order valence-electron chi connectivity index (χ4n) is 2.31. The van der Waals surface area contributed by atoms with Gasteiger partial charge in [-0.15, -0.1) is 0 Å². The van der Waals surface area contributed by atoms with Gasteiger partial charge >= 0.3 is 6.18 Å². The molecule has 0 radical (unpaired) electrons. The number of aryl methyl sites for hydroxylation is 1.